The standard InChI is InChI=1S/C14H17NO3/c1-17-12-5-3-11(4-6-12)13(16)14(9-15)7-2-8-18-10-14/h3-6,13,16H,2,7-8,10H2,1H3. The minimum atomic E-state index is -0.827. The van der Waals surface area contributed by atoms with E-state index in [0.717, 1.165) is 17.7 Å². The molecule has 1 aromatic rings. The van der Waals surface area contributed by atoms with Gasteiger partial charge in [0.15, 0.2) is 0 Å². The van der Waals surface area contributed by atoms with Crippen LogP contribution in [-0.4, -0.2) is 25.4 Å². The van der Waals surface area contributed by atoms with E-state index in [0.29, 0.717) is 13.0 Å². The van der Waals surface area contributed by atoms with Crippen LogP contribution >= 0.6 is 0 Å². The highest BCUT2D eigenvalue weighted by atomic mass is 16.5. The molecule has 0 saturated carbocycles. The molecule has 0 aromatic heterocycles. The topological polar surface area (TPSA) is 62.5 Å². The summed E-state index contributed by atoms with van der Waals surface area (Å²) in [5, 5.41) is 19.8. The van der Waals surface area contributed by atoms with Gasteiger partial charge in [-0.05, 0) is 30.5 Å². The Morgan fingerprint density at radius 1 is 1.44 bits per heavy atom. The molecule has 1 heterocycles. The summed E-state index contributed by atoms with van der Waals surface area (Å²) in [5.74, 6) is 0.733. The highest BCUT2D eigenvalue weighted by molar-refractivity contribution is 5.30. The molecule has 0 spiro atoms. The average molecular weight is 247 g/mol. The number of benzene rings is 1. The van der Waals surface area contributed by atoms with Crippen molar-refractivity contribution in [1.82, 2.24) is 0 Å². The molecule has 4 heteroatoms. The summed E-state index contributed by atoms with van der Waals surface area (Å²) in [6, 6.07) is 9.39. The summed E-state index contributed by atoms with van der Waals surface area (Å²) >= 11 is 0. The van der Waals surface area contributed by atoms with E-state index in [1.807, 2.05) is 0 Å². The summed E-state index contributed by atoms with van der Waals surface area (Å²) in [4.78, 5) is 0. The molecule has 96 valence electrons. The van der Waals surface area contributed by atoms with Crippen LogP contribution in [0.2, 0.25) is 0 Å². The SMILES string of the molecule is COc1ccc(C(O)C2(C#N)CCCOC2)cc1. The molecule has 2 rings (SSSR count). The lowest BCUT2D eigenvalue weighted by Gasteiger charge is -2.34. The lowest BCUT2D eigenvalue weighted by atomic mass is 9.76. The number of hydrogen-bond acceptors (Lipinski definition) is 4. The van der Waals surface area contributed by atoms with Gasteiger partial charge in [0.1, 0.15) is 11.2 Å². The number of rotatable bonds is 3. The van der Waals surface area contributed by atoms with E-state index >= 15 is 0 Å². The predicted molar refractivity (Wildman–Crippen MR) is 66.1 cm³/mol. The van der Waals surface area contributed by atoms with Gasteiger partial charge in [-0.25, -0.2) is 0 Å². The Hall–Kier alpha value is -1.57. The van der Waals surface area contributed by atoms with E-state index in [4.69, 9.17) is 9.47 Å². The molecule has 0 aliphatic carbocycles. The van der Waals surface area contributed by atoms with Crippen molar-refractivity contribution in [1.29, 1.82) is 5.26 Å². The van der Waals surface area contributed by atoms with Gasteiger partial charge in [-0.2, -0.15) is 5.26 Å². The van der Waals surface area contributed by atoms with Gasteiger partial charge in [0.25, 0.3) is 0 Å². The van der Waals surface area contributed by atoms with Crippen LogP contribution in [0.1, 0.15) is 24.5 Å². The highest BCUT2D eigenvalue weighted by Crippen LogP contribution is 2.40. The molecule has 1 fully saturated rings. The molecule has 1 aliphatic heterocycles. The van der Waals surface area contributed by atoms with Crippen molar-refractivity contribution in [3.8, 4) is 11.8 Å². The smallest absolute Gasteiger partial charge is 0.118 e. The van der Waals surface area contributed by atoms with Gasteiger partial charge in [0.05, 0.1) is 25.9 Å². The number of aliphatic hydroxyl groups is 1. The van der Waals surface area contributed by atoms with Crippen LogP contribution in [0.15, 0.2) is 24.3 Å². The highest BCUT2D eigenvalue weighted by Gasteiger charge is 2.41. The number of hydrogen-bond donors (Lipinski definition) is 1. The molecule has 2 atom stereocenters. The largest absolute Gasteiger partial charge is 0.497 e. The Labute approximate surface area is 107 Å². The van der Waals surface area contributed by atoms with Gasteiger partial charge in [-0.3, -0.25) is 0 Å². The molecule has 0 amide bonds. The zero-order chi connectivity index (χ0) is 13.0. The Morgan fingerprint density at radius 3 is 2.67 bits per heavy atom. The number of nitrogens with zero attached hydrogens (tertiary/aromatic N) is 1. The first kappa shape index (κ1) is 12.9. The first-order valence-electron chi connectivity index (χ1n) is 6.03. The molecular formula is C14H17NO3. The van der Waals surface area contributed by atoms with E-state index in [-0.39, 0.29) is 6.61 Å². The fourth-order valence-corrected chi connectivity index (χ4v) is 2.29. The van der Waals surface area contributed by atoms with E-state index in [1.165, 1.54) is 0 Å². The molecule has 1 aromatic carbocycles. The second-order valence-corrected chi connectivity index (χ2v) is 4.60. The Balaban J connectivity index is 2.22. The average Bonchev–Trinajstić information content (AvgIpc) is 2.47. The molecule has 1 aliphatic rings. The number of nitriles is 1. The number of ether oxygens (including phenoxy) is 2. The number of aliphatic hydroxyl groups excluding tert-OH is 1. The molecule has 2 unspecified atom stereocenters. The lowest BCUT2D eigenvalue weighted by Crippen LogP contribution is -2.36. The van der Waals surface area contributed by atoms with Crippen LogP contribution in [0, 0.1) is 16.7 Å². The van der Waals surface area contributed by atoms with Crippen molar-refractivity contribution in [2.24, 2.45) is 5.41 Å². The molecular weight excluding hydrogens is 230 g/mol. The zero-order valence-corrected chi connectivity index (χ0v) is 10.4. The van der Waals surface area contributed by atoms with Crippen molar-refractivity contribution in [3.05, 3.63) is 29.8 Å². The van der Waals surface area contributed by atoms with Crippen LogP contribution in [0.4, 0.5) is 0 Å². The predicted octanol–water partition coefficient (Wildman–Crippen LogP) is 2.05. The van der Waals surface area contributed by atoms with Gasteiger partial charge in [0, 0.05) is 6.61 Å². The third-order valence-corrected chi connectivity index (χ3v) is 3.45. The summed E-state index contributed by atoms with van der Waals surface area (Å²) in [5.41, 5.74) is -0.102. The van der Waals surface area contributed by atoms with Crippen molar-refractivity contribution in [3.63, 3.8) is 0 Å². The van der Waals surface area contributed by atoms with Gasteiger partial charge in [0.2, 0.25) is 0 Å². The van der Waals surface area contributed by atoms with E-state index in [2.05, 4.69) is 6.07 Å². The van der Waals surface area contributed by atoms with E-state index in [9.17, 15) is 10.4 Å². The van der Waals surface area contributed by atoms with Crippen molar-refractivity contribution in [2.75, 3.05) is 20.3 Å². The second-order valence-electron chi connectivity index (χ2n) is 4.60. The summed E-state index contributed by atoms with van der Waals surface area (Å²) in [7, 11) is 1.59. The van der Waals surface area contributed by atoms with Gasteiger partial charge < -0.3 is 14.6 Å². The fraction of sp³-hybridized carbons (Fsp3) is 0.500. The van der Waals surface area contributed by atoms with E-state index in [1.54, 1.807) is 31.4 Å². The Kier molecular flexibility index (Phi) is 3.85. The Bertz CT molecular complexity index is 429. The minimum Gasteiger partial charge on any atom is -0.497 e. The fourth-order valence-electron chi connectivity index (χ4n) is 2.29. The van der Waals surface area contributed by atoms with Gasteiger partial charge in [-0.1, -0.05) is 12.1 Å². The van der Waals surface area contributed by atoms with E-state index < -0.39 is 11.5 Å². The second kappa shape index (κ2) is 5.38. The third kappa shape index (κ3) is 2.33. The van der Waals surface area contributed by atoms with Crippen LogP contribution in [0.5, 0.6) is 5.75 Å². The van der Waals surface area contributed by atoms with Crippen LogP contribution in [0.3, 0.4) is 0 Å². The first-order chi connectivity index (χ1) is 8.72. The van der Waals surface area contributed by atoms with Crippen molar-refractivity contribution >= 4 is 0 Å². The maximum absolute atomic E-state index is 10.4. The maximum Gasteiger partial charge on any atom is 0.118 e. The van der Waals surface area contributed by atoms with Crippen LogP contribution in [0.25, 0.3) is 0 Å². The lowest BCUT2D eigenvalue weighted by molar-refractivity contribution is -0.0505. The Morgan fingerprint density at radius 2 is 2.17 bits per heavy atom. The van der Waals surface area contributed by atoms with Crippen LogP contribution in [-0.2, 0) is 4.74 Å². The third-order valence-electron chi connectivity index (χ3n) is 3.45. The van der Waals surface area contributed by atoms with Crippen molar-refractivity contribution in [2.45, 2.75) is 18.9 Å². The molecule has 0 radical (unpaired) electrons. The van der Waals surface area contributed by atoms with Crippen LogP contribution < -0.4 is 4.74 Å². The molecule has 1 saturated heterocycles. The van der Waals surface area contributed by atoms with Gasteiger partial charge in [-0.15, -0.1) is 0 Å². The van der Waals surface area contributed by atoms with Crippen molar-refractivity contribution < 1.29 is 14.6 Å². The molecule has 18 heavy (non-hydrogen) atoms. The minimum absolute atomic E-state index is 0.288. The monoisotopic (exact) mass is 247 g/mol. The number of methoxy groups -OCH3 is 1. The first-order valence-corrected chi connectivity index (χ1v) is 6.03. The summed E-state index contributed by atoms with van der Waals surface area (Å²) in [6.45, 7) is 0.954. The van der Waals surface area contributed by atoms with Gasteiger partial charge >= 0.3 is 0 Å². The molecule has 4 nitrogen and oxygen atoms in total. The normalized spacial score (nSPS) is 25.2. The summed E-state index contributed by atoms with van der Waals surface area (Å²) in [6.07, 6.45) is 0.644. The quantitative estimate of drug-likeness (QED) is 0.888. The zero-order valence-electron chi connectivity index (χ0n) is 10.4. The summed E-state index contributed by atoms with van der Waals surface area (Å²) < 4.78 is 10.4. The maximum atomic E-state index is 10.4. The molecule has 0 bridgehead atoms. The molecule has 1 N–H and O–H groups in total.